The molecule has 0 spiro atoms. The summed E-state index contributed by atoms with van der Waals surface area (Å²) < 4.78 is 14.6. The fraction of sp³-hybridized carbons (Fsp3) is 0.200. The SMILES string of the molecule is NCC(c1ccccc1F)C(O)c1ccccc1Br. The molecule has 0 fully saturated rings. The number of benzene rings is 2. The minimum Gasteiger partial charge on any atom is -0.388 e. The highest BCUT2D eigenvalue weighted by atomic mass is 79.9. The van der Waals surface area contributed by atoms with Crippen molar-refractivity contribution in [3.63, 3.8) is 0 Å². The predicted octanol–water partition coefficient (Wildman–Crippen LogP) is 3.36. The molecule has 2 aromatic rings. The smallest absolute Gasteiger partial charge is 0.126 e. The monoisotopic (exact) mass is 323 g/mol. The Bertz CT molecular complexity index is 561. The lowest BCUT2D eigenvalue weighted by Gasteiger charge is -2.23. The zero-order valence-electron chi connectivity index (χ0n) is 10.3. The van der Waals surface area contributed by atoms with E-state index in [4.69, 9.17) is 5.73 Å². The van der Waals surface area contributed by atoms with Crippen molar-refractivity contribution >= 4 is 15.9 Å². The van der Waals surface area contributed by atoms with Crippen LogP contribution in [0, 0.1) is 5.82 Å². The highest BCUT2D eigenvalue weighted by Gasteiger charge is 2.25. The maximum atomic E-state index is 13.8. The molecule has 0 radical (unpaired) electrons. The van der Waals surface area contributed by atoms with E-state index in [-0.39, 0.29) is 12.4 Å². The summed E-state index contributed by atoms with van der Waals surface area (Å²) in [6, 6.07) is 13.7. The van der Waals surface area contributed by atoms with Gasteiger partial charge in [-0.15, -0.1) is 0 Å². The first-order chi connectivity index (χ1) is 9.15. The molecule has 2 rings (SSSR count). The molecule has 0 amide bonds. The first-order valence-electron chi connectivity index (χ1n) is 6.02. The van der Waals surface area contributed by atoms with Crippen molar-refractivity contribution in [2.24, 2.45) is 5.73 Å². The first-order valence-corrected chi connectivity index (χ1v) is 6.81. The number of nitrogens with two attached hydrogens (primary N) is 1. The number of aliphatic hydroxyl groups excluding tert-OH is 1. The van der Waals surface area contributed by atoms with Gasteiger partial charge in [0, 0.05) is 16.9 Å². The van der Waals surface area contributed by atoms with Gasteiger partial charge in [-0.3, -0.25) is 0 Å². The Hall–Kier alpha value is -1.23. The van der Waals surface area contributed by atoms with E-state index in [1.165, 1.54) is 6.07 Å². The summed E-state index contributed by atoms with van der Waals surface area (Å²) in [5, 5.41) is 10.5. The second-order valence-corrected chi connectivity index (χ2v) is 5.18. The molecular formula is C15H15BrFNO. The van der Waals surface area contributed by atoms with Crippen LogP contribution in [0.25, 0.3) is 0 Å². The van der Waals surface area contributed by atoms with E-state index < -0.39 is 12.0 Å². The van der Waals surface area contributed by atoms with Crippen LogP contribution in [-0.4, -0.2) is 11.7 Å². The molecule has 2 unspecified atom stereocenters. The summed E-state index contributed by atoms with van der Waals surface area (Å²) in [6.45, 7) is 0.170. The third-order valence-corrected chi connectivity index (χ3v) is 3.89. The molecule has 0 heterocycles. The van der Waals surface area contributed by atoms with Gasteiger partial charge in [0.05, 0.1) is 6.10 Å². The van der Waals surface area contributed by atoms with Gasteiger partial charge in [0.1, 0.15) is 5.82 Å². The minimum atomic E-state index is -0.850. The van der Waals surface area contributed by atoms with Gasteiger partial charge >= 0.3 is 0 Å². The molecule has 2 aromatic carbocycles. The van der Waals surface area contributed by atoms with E-state index in [0.717, 1.165) is 4.47 Å². The average molecular weight is 324 g/mol. The van der Waals surface area contributed by atoms with Crippen LogP contribution in [0.5, 0.6) is 0 Å². The van der Waals surface area contributed by atoms with Crippen LogP contribution in [0.1, 0.15) is 23.1 Å². The Morgan fingerprint density at radius 3 is 2.21 bits per heavy atom. The molecule has 0 aliphatic heterocycles. The van der Waals surface area contributed by atoms with E-state index in [1.54, 1.807) is 24.3 Å². The molecule has 2 nitrogen and oxygen atoms in total. The second-order valence-electron chi connectivity index (χ2n) is 4.33. The zero-order valence-corrected chi connectivity index (χ0v) is 11.8. The third kappa shape index (κ3) is 3.03. The van der Waals surface area contributed by atoms with Gasteiger partial charge in [0.15, 0.2) is 0 Å². The molecule has 0 saturated carbocycles. The fourth-order valence-electron chi connectivity index (χ4n) is 2.13. The molecule has 100 valence electrons. The van der Waals surface area contributed by atoms with Gasteiger partial charge in [0.2, 0.25) is 0 Å². The first kappa shape index (κ1) is 14.2. The minimum absolute atomic E-state index is 0.170. The van der Waals surface area contributed by atoms with Crippen LogP contribution in [0.3, 0.4) is 0 Å². The highest BCUT2D eigenvalue weighted by Crippen LogP contribution is 2.34. The average Bonchev–Trinajstić information content (AvgIpc) is 2.42. The molecule has 19 heavy (non-hydrogen) atoms. The summed E-state index contributed by atoms with van der Waals surface area (Å²) in [6.07, 6.45) is -0.850. The van der Waals surface area contributed by atoms with E-state index in [0.29, 0.717) is 11.1 Å². The molecular weight excluding hydrogens is 309 g/mol. The summed E-state index contributed by atoms with van der Waals surface area (Å²) in [4.78, 5) is 0. The van der Waals surface area contributed by atoms with Crippen molar-refractivity contribution in [1.29, 1.82) is 0 Å². The predicted molar refractivity (Wildman–Crippen MR) is 77.3 cm³/mol. The lowest BCUT2D eigenvalue weighted by molar-refractivity contribution is 0.145. The van der Waals surface area contributed by atoms with E-state index in [9.17, 15) is 9.50 Å². The van der Waals surface area contributed by atoms with Gasteiger partial charge < -0.3 is 10.8 Å². The van der Waals surface area contributed by atoms with Crippen LogP contribution in [0.15, 0.2) is 53.0 Å². The van der Waals surface area contributed by atoms with E-state index >= 15 is 0 Å². The number of hydrogen-bond donors (Lipinski definition) is 2. The maximum Gasteiger partial charge on any atom is 0.126 e. The molecule has 4 heteroatoms. The van der Waals surface area contributed by atoms with E-state index in [1.807, 2.05) is 18.2 Å². The molecule has 3 N–H and O–H groups in total. The van der Waals surface area contributed by atoms with Gasteiger partial charge in [-0.1, -0.05) is 52.3 Å². The van der Waals surface area contributed by atoms with Crippen LogP contribution in [0.2, 0.25) is 0 Å². The van der Waals surface area contributed by atoms with Gasteiger partial charge in [-0.2, -0.15) is 0 Å². The van der Waals surface area contributed by atoms with Gasteiger partial charge in [-0.05, 0) is 23.3 Å². The largest absolute Gasteiger partial charge is 0.388 e. The molecule has 0 saturated heterocycles. The second kappa shape index (κ2) is 6.28. The van der Waals surface area contributed by atoms with Crippen LogP contribution >= 0.6 is 15.9 Å². The third-order valence-electron chi connectivity index (χ3n) is 3.16. The quantitative estimate of drug-likeness (QED) is 0.906. The Morgan fingerprint density at radius 2 is 1.63 bits per heavy atom. The van der Waals surface area contributed by atoms with E-state index in [2.05, 4.69) is 15.9 Å². The van der Waals surface area contributed by atoms with Crippen LogP contribution < -0.4 is 5.73 Å². The molecule has 2 atom stereocenters. The van der Waals surface area contributed by atoms with Crippen molar-refractivity contribution < 1.29 is 9.50 Å². The maximum absolute atomic E-state index is 13.8. The molecule has 0 aliphatic rings. The summed E-state index contributed by atoms with van der Waals surface area (Å²) in [5.74, 6) is -0.816. The Labute approximate surface area is 120 Å². The number of halogens is 2. The van der Waals surface area contributed by atoms with Crippen molar-refractivity contribution in [3.8, 4) is 0 Å². The molecule has 0 aromatic heterocycles. The number of aliphatic hydroxyl groups is 1. The summed E-state index contributed by atoms with van der Waals surface area (Å²) >= 11 is 3.39. The highest BCUT2D eigenvalue weighted by molar-refractivity contribution is 9.10. The fourth-order valence-corrected chi connectivity index (χ4v) is 2.65. The number of hydrogen-bond acceptors (Lipinski definition) is 2. The van der Waals surface area contributed by atoms with Gasteiger partial charge in [-0.25, -0.2) is 4.39 Å². The van der Waals surface area contributed by atoms with Crippen LogP contribution in [-0.2, 0) is 0 Å². The van der Waals surface area contributed by atoms with Gasteiger partial charge in [0.25, 0.3) is 0 Å². The Balaban J connectivity index is 2.38. The van der Waals surface area contributed by atoms with Crippen molar-refractivity contribution in [3.05, 3.63) is 69.9 Å². The van der Waals surface area contributed by atoms with Crippen molar-refractivity contribution in [2.45, 2.75) is 12.0 Å². The lowest BCUT2D eigenvalue weighted by atomic mass is 9.89. The Morgan fingerprint density at radius 1 is 1.05 bits per heavy atom. The standard InChI is InChI=1S/C15H15BrFNO/c16-13-7-3-1-6-11(13)15(19)12(9-18)10-5-2-4-8-14(10)17/h1-8,12,15,19H,9,18H2. The van der Waals surface area contributed by atoms with Crippen molar-refractivity contribution in [1.82, 2.24) is 0 Å². The summed E-state index contributed by atoms with van der Waals surface area (Å²) in [7, 11) is 0. The van der Waals surface area contributed by atoms with Crippen LogP contribution in [0.4, 0.5) is 4.39 Å². The summed E-state index contributed by atoms with van der Waals surface area (Å²) in [5.41, 5.74) is 6.87. The zero-order chi connectivity index (χ0) is 13.8. The molecule has 0 bridgehead atoms. The molecule has 0 aliphatic carbocycles. The van der Waals surface area contributed by atoms with Crippen molar-refractivity contribution in [2.75, 3.05) is 6.54 Å². The topological polar surface area (TPSA) is 46.2 Å². The normalized spacial score (nSPS) is 14.1. The lowest BCUT2D eigenvalue weighted by Crippen LogP contribution is -2.21. The number of rotatable bonds is 4. The Kier molecular flexibility index (Phi) is 4.69.